The number of aliphatic hydroxyl groups excluding tert-OH is 1. The number of piperidine rings is 1. The van der Waals surface area contributed by atoms with Crippen molar-refractivity contribution in [1.29, 1.82) is 0 Å². The molecule has 23 heavy (non-hydrogen) atoms. The first-order valence-electron chi connectivity index (χ1n) is 8.33. The Morgan fingerprint density at radius 2 is 2.17 bits per heavy atom. The Kier molecular flexibility index (Phi) is 5.26. The number of likely N-dealkylation sites (tertiary alicyclic amines) is 1. The van der Waals surface area contributed by atoms with Gasteiger partial charge in [0.15, 0.2) is 0 Å². The van der Waals surface area contributed by atoms with Gasteiger partial charge in [-0.05, 0) is 24.9 Å². The van der Waals surface area contributed by atoms with Crippen LogP contribution in [-0.2, 0) is 7.05 Å². The van der Waals surface area contributed by atoms with E-state index in [-0.39, 0.29) is 5.92 Å². The molecule has 1 aliphatic rings. The van der Waals surface area contributed by atoms with E-state index in [0.29, 0.717) is 0 Å². The Morgan fingerprint density at radius 1 is 1.35 bits per heavy atom. The first-order chi connectivity index (χ1) is 11.2. The maximum absolute atomic E-state index is 10.6. The summed E-state index contributed by atoms with van der Waals surface area (Å²) in [5.74, 6) is 1.03. The normalized spacial score (nSPS) is 20.9. The minimum absolute atomic E-state index is 0.259. The lowest BCUT2D eigenvalue weighted by Crippen LogP contribution is -2.38. The average molecular weight is 311 g/mol. The second-order valence-electron chi connectivity index (χ2n) is 6.32. The molecule has 4 nitrogen and oxygen atoms in total. The van der Waals surface area contributed by atoms with Crippen molar-refractivity contribution >= 4 is 6.08 Å². The number of hydrogen-bond donors (Lipinski definition) is 1. The number of nitrogens with zero attached hydrogens (tertiary/aromatic N) is 3. The molecule has 1 aromatic carbocycles. The lowest BCUT2D eigenvalue weighted by atomic mass is 9.92. The number of imidazole rings is 1. The Bertz CT molecular complexity index is 635. The summed E-state index contributed by atoms with van der Waals surface area (Å²) in [6.07, 6.45) is 9.74. The van der Waals surface area contributed by atoms with Crippen LogP contribution in [0.4, 0.5) is 0 Å². The molecule has 0 spiro atoms. The molecule has 0 bridgehead atoms. The van der Waals surface area contributed by atoms with Crippen LogP contribution in [0, 0.1) is 5.92 Å². The van der Waals surface area contributed by atoms with E-state index in [9.17, 15) is 5.11 Å². The largest absolute Gasteiger partial charge is 0.385 e. The predicted molar refractivity (Wildman–Crippen MR) is 92.8 cm³/mol. The number of rotatable bonds is 5. The van der Waals surface area contributed by atoms with Crippen LogP contribution < -0.4 is 0 Å². The van der Waals surface area contributed by atoms with Crippen molar-refractivity contribution in [2.75, 3.05) is 19.6 Å². The summed E-state index contributed by atoms with van der Waals surface area (Å²) in [7, 11) is 1.94. The summed E-state index contributed by atoms with van der Waals surface area (Å²) < 4.78 is 1.92. The summed E-state index contributed by atoms with van der Waals surface area (Å²) in [4.78, 5) is 6.71. The monoisotopic (exact) mass is 311 g/mol. The highest BCUT2D eigenvalue weighted by molar-refractivity contribution is 5.48. The molecule has 2 unspecified atom stereocenters. The molecule has 0 amide bonds. The van der Waals surface area contributed by atoms with Crippen LogP contribution in [0.2, 0.25) is 0 Å². The standard InChI is InChI=1S/C19H25N3O/c1-21-14-11-20-19(21)18(23)17-10-6-13-22(15-17)12-5-9-16-7-3-2-4-8-16/h2-5,7-9,11,14,17-18,23H,6,10,12-13,15H2,1H3/b9-5+. The Balaban J connectivity index is 1.56. The van der Waals surface area contributed by atoms with Crippen LogP contribution in [0.3, 0.4) is 0 Å². The van der Waals surface area contributed by atoms with Gasteiger partial charge >= 0.3 is 0 Å². The van der Waals surface area contributed by atoms with E-state index in [1.165, 1.54) is 5.56 Å². The molecular weight excluding hydrogens is 286 g/mol. The van der Waals surface area contributed by atoms with Gasteiger partial charge in [0.1, 0.15) is 11.9 Å². The molecule has 1 N–H and O–H groups in total. The summed E-state index contributed by atoms with van der Waals surface area (Å²) in [5, 5.41) is 10.6. The highest BCUT2D eigenvalue weighted by atomic mass is 16.3. The predicted octanol–water partition coefficient (Wildman–Crippen LogP) is 2.88. The number of benzene rings is 1. The third-order valence-electron chi connectivity index (χ3n) is 4.58. The fourth-order valence-electron chi connectivity index (χ4n) is 3.29. The van der Waals surface area contributed by atoms with Crippen molar-refractivity contribution in [3.05, 3.63) is 60.2 Å². The van der Waals surface area contributed by atoms with Gasteiger partial charge < -0.3 is 9.67 Å². The number of aromatic nitrogens is 2. The molecule has 1 fully saturated rings. The summed E-state index contributed by atoms with van der Waals surface area (Å²) in [6.45, 7) is 2.95. The topological polar surface area (TPSA) is 41.3 Å². The molecule has 2 heterocycles. The van der Waals surface area contributed by atoms with Gasteiger partial charge in [0.05, 0.1) is 0 Å². The van der Waals surface area contributed by atoms with Gasteiger partial charge in [-0.2, -0.15) is 0 Å². The minimum atomic E-state index is -0.476. The van der Waals surface area contributed by atoms with Gasteiger partial charge in [-0.1, -0.05) is 42.5 Å². The van der Waals surface area contributed by atoms with Gasteiger partial charge in [-0.25, -0.2) is 4.98 Å². The fourth-order valence-corrected chi connectivity index (χ4v) is 3.29. The van der Waals surface area contributed by atoms with Crippen molar-refractivity contribution < 1.29 is 5.11 Å². The van der Waals surface area contributed by atoms with Crippen molar-refractivity contribution in [1.82, 2.24) is 14.5 Å². The number of aliphatic hydroxyl groups is 1. The van der Waals surface area contributed by atoms with E-state index < -0.39 is 6.10 Å². The van der Waals surface area contributed by atoms with E-state index in [4.69, 9.17) is 0 Å². The molecule has 122 valence electrons. The lowest BCUT2D eigenvalue weighted by Gasteiger charge is -2.34. The first-order valence-corrected chi connectivity index (χ1v) is 8.33. The second-order valence-corrected chi connectivity index (χ2v) is 6.32. The molecule has 1 aromatic heterocycles. The number of hydrogen-bond acceptors (Lipinski definition) is 3. The molecule has 3 rings (SSSR count). The Hall–Kier alpha value is -1.91. The van der Waals surface area contributed by atoms with Crippen LogP contribution in [0.5, 0.6) is 0 Å². The van der Waals surface area contributed by atoms with E-state index in [1.807, 2.05) is 23.9 Å². The van der Waals surface area contributed by atoms with Gasteiger partial charge in [-0.3, -0.25) is 4.90 Å². The maximum atomic E-state index is 10.6. The minimum Gasteiger partial charge on any atom is -0.385 e. The third kappa shape index (κ3) is 4.09. The lowest BCUT2D eigenvalue weighted by molar-refractivity contribution is 0.0468. The molecule has 1 saturated heterocycles. The molecule has 0 aliphatic carbocycles. The first kappa shape index (κ1) is 16.0. The molecular formula is C19H25N3O. The molecule has 0 saturated carbocycles. The van der Waals surface area contributed by atoms with Gasteiger partial charge in [-0.15, -0.1) is 0 Å². The second kappa shape index (κ2) is 7.57. The van der Waals surface area contributed by atoms with Crippen LogP contribution in [0.1, 0.15) is 30.3 Å². The zero-order chi connectivity index (χ0) is 16.1. The van der Waals surface area contributed by atoms with E-state index in [1.54, 1.807) is 6.20 Å². The molecule has 4 heteroatoms. The zero-order valence-corrected chi connectivity index (χ0v) is 13.7. The van der Waals surface area contributed by atoms with E-state index in [0.717, 1.165) is 38.3 Å². The van der Waals surface area contributed by atoms with Gasteiger partial charge in [0.25, 0.3) is 0 Å². The van der Waals surface area contributed by atoms with Crippen LogP contribution in [-0.4, -0.2) is 39.2 Å². The van der Waals surface area contributed by atoms with Gasteiger partial charge in [0.2, 0.25) is 0 Å². The van der Waals surface area contributed by atoms with Gasteiger partial charge in [0, 0.05) is 38.4 Å². The van der Waals surface area contributed by atoms with E-state index >= 15 is 0 Å². The highest BCUT2D eigenvalue weighted by Crippen LogP contribution is 2.28. The SMILES string of the molecule is Cn1ccnc1C(O)C1CCCN(C/C=C/c2ccccc2)C1. The molecule has 0 radical (unpaired) electrons. The van der Waals surface area contributed by atoms with Crippen LogP contribution in [0.15, 0.2) is 48.8 Å². The fraction of sp³-hybridized carbons (Fsp3) is 0.421. The van der Waals surface area contributed by atoms with Crippen molar-refractivity contribution in [2.24, 2.45) is 13.0 Å². The molecule has 2 aromatic rings. The smallest absolute Gasteiger partial charge is 0.137 e. The average Bonchev–Trinajstić information content (AvgIpc) is 3.01. The van der Waals surface area contributed by atoms with E-state index in [2.05, 4.69) is 46.3 Å². The Labute approximate surface area is 138 Å². The third-order valence-corrected chi connectivity index (χ3v) is 4.58. The maximum Gasteiger partial charge on any atom is 0.137 e. The van der Waals surface area contributed by atoms with Crippen LogP contribution >= 0.6 is 0 Å². The number of aryl methyl sites for hydroxylation is 1. The summed E-state index contributed by atoms with van der Waals surface area (Å²) in [6, 6.07) is 10.4. The van der Waals surface area contributed by atoms with Crippen molar-refractivity contribution in [3.63, 3.8) is 0 Å². The summed E-state index contributed by atoms with van der Waals surface area (Å²) in [5.41, 5.74) is 1.23. The quantitative estimate of drug-likeness (QED) is 0.923. The van der Waals surface area contributed by atoms with Crippen LogP contribution in [0.25, 0.3) is 6.08 Å². The van der Waals surface area contributed by atoms with Crippen molar-refractivity contribution in [2.45, 2.75) is 18.9 Å². The zero-order valence-electron chi connectivity index (χ0n) is 13.7. The molecule has 1 aliphatic heterocycles. The Morgan fingerprint density at radius 3 is 2.91 bits per heavy atom. The molecule has 2 atom stereocenters. The highest BCUT2D eigenvalue weighted by Gasteiger charge is 2.28. The summed E-state index contributed by atoms with van der Waals surface area (Å²) >= 11 is 0. The van der Waals surface area contributed by atoms with Crippen molar-refractivity contribution in [3.8, 4) is 0 Å².